The first kappa shape index (κ1) is 14.5. The molecule has 1 atom stereocenters. The third kappa shape index (κ3) is 2.98. The van der Waals surface area contributed by atoms with E-state index in [0.29, 0.717) is 6.04 Å². The molecule has 106 valence electrons. The highest BCUT2D eigenvalue weighted by Gasteiger charge is 2.42. The lowest BCUT2D eigenvalue weighted by molar-refractivity contribution is 0.0569. The minimum absolute atomic E-state index is 0.233. The molecule has 0 radical (unpaired) electrons. The van der Waals surface area contributed by atoms with E-state index in [-0.39, 0.29) is 5.54 Å². The first-order chi connectivity index (χ1) is 9.20. The summed E-state index contributed by atoms with van der Waals surface area (Å²) in [5.41, 5.74) is 1.55. The van der Waals surface area contributed by atoms with Gasteiger partial charge in [-0.2, -0.15) is 0 Å². The first-order valence-electron chi connectivity index (χ1n) is 7.51. The Morgan fingerprint density at radius 3 is 2.58 bits per heavy atom. The van der Waals surface area contributed by atoms with Gasteiger partial charge in [-0.25, -0.2) is 0 Å². The molecule has 0 aromatic carbocycles. The molecule has 1 aliphatic rings. The van der Waals surface area contributed by atoms with Crippen LogP contribution >= 0.6 is 0 Å². The maximum atomic E-state index is 4.31. The second-order valence-corrected chi connectivity index (χ2v) is 5.84. The van der Waals surface area contributed by atoms with Crippen molar-refractivity contribution in [1.82, 2.24) is 15.2 Å². The second-order valence-electron chi connectivity index (χ2n) is 5.84. The molecule has 0 bridgehead atoms. The molecule has 2 rings (SSSR count). The predicted molar refractivity (Wildman–Crippen MR) is 80.2 cm³/mol. The van der Waals surface area contributed by atoms with Gasteiger partial charge < -0.3 is 10.2 Å². The number of nitrogens with one attached hydrogen (secondary N) is 1. The Hall–Kier alpha value is -0.930. The third-order valence-corrected chi connectivity index (χ3v) is 4.57. The van der Waals surface area contributed by atoms with E-state index in [0.717, 1.165) is 6.54 Å². The molecular formula is C16H27N3. The lowest BCUT2D eigenvalue weighted by Crippen LogP contribution is -2.54. The molecular weight excluding hydrogens is 234 g/mol. The number of nitrogens with zero attached hydrogens (tertiary/aromatic N) is 2. The van der Waals surface area contributed by atoms with Crippen LogP contribution in [-0.4, -0.2) is 36.1 Å². The Bertz CT molecular complexity index is 369. The zero-order valence-electron chi connectivity index (χ0n) is 12.5. The summed E-state index contributed by atoms with van der Waals surface area (Å²) in [5, 5.41) is 3.71. The van der Waals surface area contributed by atoms with Gasteiger partial charge in [-0.15, -0.1) is 0 Å². The number of hydrogen-bond acceptors (Lipinski definition) is 3. The van der Waals surface area contributed by atoms with E-state index in [4.69, 9.17) is 0 Å². The molecule has 0 saturated heterocycles. The number of aromatic nitrogens is 1. The zero-order chi connectivity index (χ0) is 13.7. The average molecular weight is 261 g/mol. The quantitative estimate of drug-likeness (QED) is 0.883. The van der Waals surface area contributed by atoms with Crippen LogP contribution in [0, 0.1) is 0 Å². The zero-order valence-corrected chi connectivity index (χ0v) is 12.5. The van der Waals surface area contributed by atoms with Crippen LogP contribution in [0.3, 0.4) is 0 Å². The smallest absolute Gasteiger partial charge is 0.0522 e. The van der Waals surface area contributed by atoms with Crippen molar-refractivity contribution < 1.29 is 0 Å². The highest BCUT2D eigenvalue weighted by Crippen LogP contribution is 2.41. The monoisotopic (exact) mass is 261 g/mol. The fraction of sp³-hybridized carbons (Fsp3) is 0.688. The van der Waals surface area contributed by atoms with Crippen LogP contribution in [0.5, 0.6) is 0 Å². The van der Waals surface area contributed by atoms with Gasteiger partial charge in [0.2, 0.25) is 0 Å². The van der Waals surface area contributed by atoms with Gasteiger partial charge in [-0.05, 0) is 45.1 Å². The van der Waals surface area contributed by atoms with Crippen molar-refractivity contribution in [1.29, 1.82) is 0 Å². The van der Waals surface area contributed by atoms with E-state index >= 15 is 0 Å². The van der Waals surface area contributed by atoms with Crippen LogP contribution in [0.4, 0.5) is 0 Å². The highest BCUT2D eigenvalue weighted by molar-refractivity contribution is 5.20. The summed E-state index contributed by atoms with van der Waals surface area (Å²) in [4.78, 5) is 6.75. The van der Waals surface area contributed by atoms with Gasteiger partial charge in [0.1, 0.15) is 0 Å². The molecule has 0 amide bonds. The number of likely N-dealkylation sites (N-methyl/N-ethyl adjacent to an activating group) is 2. The van der Waals surface area contributed by atoms with Crippen LogP contribution in [-0.2, 0) is 0 Å². The molecule has 0 spiro atoms. The summed E-state index contributed by atoms with van der Waals surface area (Å²) >= 11 is 0. The molecule has 0 aliphatic heterocycles. The number of rotatable bonds is 5. The van der Waals surface area contributed by atoms with Crippen molar-refractivity contribution >= 4 is 0 Å². The van der Waals surface area contributed by atoms with Gasteiger partial charge in [-0.3, -0.25) is 4.98 Å². The number of pyridine rings is 1. The van der Waals surface area contributed by atoms with Crippen molar-refractivity contribution in [3.05, 3.63) is 30.1 Å². The predicted octanol–water partition coefficient (Wildman–Crippen LogP) is 3.00. The summed E-state index contributed by atoms with van der Waals surface area (Å²) in [7, 11) is 4.46. The van der Waals surface area contributed by atoms with Crippen molar-refractivity contribution in [2.45, 2.75) is 50.6 Å². The van der Waals surface area contributed by atoms with Gasteiger partial charge in [-0.1, -0.05) is 32.3 Å². The lowest BCUT2D eigenvalue weighted by atomic mass is 9.73. The summed E-state index contributed by atoms with van der Waals surface area (Å²) in [6.07, 6.45) is 10.5. The summed E-state index contributed by atoms with van der Waals surface area (Å²) in [5.74, 6) is 0. The fourth-order valence-electron chi connectivity index (χ4n) is 3.53. The maximum absolute atomic E-state index is 4.31. The Morgan fingerprint density at radius 2 is 2.05 bits per heavy atom. The van der Waals surface area contributed by atoms with E-state index in [1.165, 1.54) is 37.7 Å². The Morgan fingerprint density at radius 1 is 1.32 bits per heavy atom. The standard InChI is InChI=1S/C16H27N3/c1-4-18-15(14-9-8-12-17-13-14)16(19(2)3)10-6-5-7-11-16/h8-9,12-13,15,18H,4-7,10-11H2,1-3H3. The lowest BCUT2D eigenvalue weighted by Gasteiger charge is -2.49. The van der Waals surface area contributed by atoms with Crippen LogP contribution in [0.1, 0.15) is 50.6 Å². The highest BCUT2D eigenvalue weighted by atomic mass is 15.2. The van der Waals surface area contributed by atoms with Gasteiger partial charge in [0.25, 0.3) is 0 Å². The molecule has 3 heteroatoms. The van der Waals surface area contributed by atoms with Crippen molar-refractivity contribution in [2.75, 3.05) is 20.6 Å². The topological polar surface area (TPSA) is 28.2 Å². The average Bonchev–Trinajstić information content (AvgIpc) is 2.46. The molecule has 19 heavy (non-hydrogen) atoms. The van der Waals surface area contributed by atoms with E-state index in [1.54, 1.807) is 0 Å². The summed E-state index contributed by atoms with van der Waals surface area (Å²) in [6.45, 7) is 3.19. The van der Waals surface area contributed by atoms with Crippen LogP contribution in [0.25, 0.3) is 0 Å². The molecule has 1 saturated carbocycles. The maximum Gasteiger partial charge on any atom is 0.0522 e. The molecule has 1 fully saturated rings. The fourth-order valence-corrected chi connectivity index (χ4v) is 3.53. The number of hydrogen-bond donors (Lipinski definition) is 1. The van der Waals surface area contributed by atoms with Gasteiger partial charge in [0, 0.05) is 17.9 Å². The SMILES string of the molecule is CCNC(c1cccnc1)C1(N(C)C)CCCCC1. The van der Waals surface area contributed by atoms with Crippen LogP contribution in [0.15, 0.2) is 24.5 Å². The Labute approximate surface area is 117 Å². The normalized spacial score (nSPS) is 20.4. The van der Waals surface area contributed by atoms with Crippen LogP contribution < -0.4 is 5.32 Å². The van der Waals surface area contributed by atoms with E-state index in [9.17, 15) is 0 Å². The molecule has 1 heterocycles. The van der Waals surface area contributed by atoms with Gasteiger partial charge >= 0.3 is 0 Å². The summed E-state index contributed by atoms with van der Waals surface area (Å²) < 4.78 is 0. The van der Waals surface area contributed by atoms with E-state index in [2.05, 4.69) is 42.3 Å². The molecule has 1 aromatic heterocycles. The third-order valence-electron chi connectivity index (χ3n) is 4.57. The van der Waals surface area contributed by atoms with Crippen molar-refractivity contribution in [3.63, 3.8) is 0 Å². The largest absolute Gasteiger partial charge is 0.309 e. The Balaban J connectivity index is 2.34. The van der Waals surface area contributed by atoms with Crippen molar-refractivity contribution in [2.24, 2.45) is 0 Å². The minimum Gasteiger partial charge on any atom is -0.309 e. The van der Waals surface area contributed by atoms with Crippen LogP contribution in [0.2, 0.25) is 0 Å². The molecule has 1 aromatic rings. The second kappa shape index (κ2) is 6.49. The van der Waals surface area contributed by atoms with E-state index in [1.807, 2.05) is 18.5 Å². The van der Waals surface area contributed by atoms with Gasteiger partial charge in [0.15, 0.2) is 0 Å². The Kier molecular flexibility index (Phi) is 4.94. The first-order valence-corrected chi connectivity index (χ1v) is 7.51. The molecule has 1 N–H and O–H groups in total. The van der Waals surface area contributed by atoms with Crippen molar-refractivity contribution in [3.8, 4) is 0 Å². The molecule has 1 unspecified atom stereocenters. The van der Waals surface area contributed by atoms with Gasteiger partial charge in [0.05, 0.1) is 6.04 Å². The molecule has 3 nitrogen and oxygen atoms in total. The minimum atomic E-state index is 0.233. The molecule has 1 aliphatic carbocycles. The van der Waals surface area contributed by atoms with E-state index < -0.39 is 0 Å². The summed E-state index contributed by atoms with van der Waals surface area (Å²) in [6, 6.07) is 4.63.